The molecule has 0 unspecified atom stereocenters. The van der Waals surface area contributed by atoms with Crippen molar-refractivity contribution < 1.29 is 18.3 Å². The lowest BCUT2D eigenvalue weighted by atomic mass is 10.2. The Morgan fingerprint density at radius 2 is 2.14 bits per heavy atom. The lowest BCUT2D eigenvalue weighted by molar-refractivity contribution is 0.0116. The molecule has 2 aromatic heterocycles. The molecule has 1 atom stereocenters. The minimum Gasteiger partial charge on any atom is -0.490 e. The van der Waals surface area contributed by atoms with Crippen LogP contribution in [-0.2, 0) is 0 Å². The summed E-state index contributed by atoms with van der Waals surface area (Å²) in [6, 6.07) is 2.69. The van der Waals surface area contributed by atoms with E-state index in [4.69, 9.17) is 4.74 Å². The smallest absolute Gasteiger partial charge is 0.273 e. The molecular formula is C19H23F2N5O2S. The summed E-state index contributed by atoms with van der Waals surface area (Å²) in [5, 5.41) is 2.42. The first-order valence-corrected chi connectivity index (χ1v) is 10.4. The van der Waals surface area contributed by atoms with Crippen LogP contribution in [0.1, 0.15) is 16.9 Å². The highest BCUT2D eigenvalue weighted by Crippen LogP contribution is 2.34. The van der Waals surface area contributed by atoms with Gasteiger partial charge in [-0.3, -0.25) is 9.78 Å². The molecule has 10 heteroatoms. The van der Waals surface area contributed by atoms with Gasteiger partial charge in [0, 0.05) is 44.2 Å². The number of rotatable bonds is 5. The van der Waals surface area contributed by atoms with Crippen molar-refractivity contribution in [2.24, 2.45) is 0 Å². The van der Waals surface area contributed by atoms with E-state index in [1.165, 1.54) is 22.4 Å². The van der Waals surface area contributed by atoms with Crippen molar-refractivity contribution >= 4 is 22.4 Å². The van der Waals surface area contributed by atoms with E-state index in [0.29, 0.717) is 5.75 Å². The molecule has 156 valence electrons. The van der Waals surface area contributed by atoms with E-state index in [1.807, 2.05) is 0 Å². The van der Waals surface area contributed by atoms with Gasteiger partial charge in [0.2, 0.25) is 0 Å². The molecule has 4 rings (SSSR count). The summed E-state index contributed by atoms with van der Waals surface area (Å²) < 4.78 is 33.8. The number of likely N-dealkylation sites (N-methyl/N-ethyl adjacent to an activating group) is 1. The third kappa shape index (κ3) is 4.64. The zero-order valence-electron chi connectivity index (χ0n) is 16.1. The first kappa shape index (κ1) is 20.0. The Balaban J connectivity index is 1.44. The highest BCUT2D eigenvalue weighted by atomic mass is 32.1. The number of piperazine rings is 1. The summed E-state index contributed by atoms with van der Waals surface area (Å²) in [5.74, 6) is -2.92. The Labute approximate surface area is 171 Å². The molecule has 4 heterocycles. The van der Waals surface area contributed by atoms with Gasteiger partial charge < -0.3 is 19.4 Å². The Morgan fingerprint density at radius 1 is 1.34 bits per heavy atom. The number of nitrogens with zero attached hydrogens (tertiary/aromatic N) is 5. The molecule has 0 bridgehead atoms. The number of carbonyl (C=O) groups excluding carboxylic acids is 1. The fourth-order valence-corrected chi connectivity index (χ4v) is 4.42. The lowest BCUT2D eigenvalue weighted by Gasteiger charge is -2.32. The quantitative estimate of drug-likeness (QED) is 0.735. The number of halogens is 2. The van der Waals surface area contributed by atoms with Crippen LogP contribution in [0, 0.1) is 0 Å². The Hall–Kier alpha value is -2.33. The predicted molar refractivity (Wildman–Crippen MR) is 106 cm³/mol. The van der Waals surface area contributed by atoms with Gasteiger partial charge in [0.25, 0.3) is 11.8 Å². The number of hydrogen-bond acceptors (Lipinski definition) is 7. The summed E-state index contributed by atoms with van der Waals surface area (Å²) in [5.41, 5.74) is 0.216. The zero-order chi connectivity index (χ0) is 20.4. The summed E-state index contributed by atoms with van der Waals surface area (Å²) in [7, 11) is 2.06. The third-order valence-electron chi connectivity index (χ3n) is 5.20. The monoisotopic (exact) mass is 423 g/mol. The first-order valence-electron chi connectivity index (χ1n) is 9.52. The van der Waals surface area contributed by atoms with Crippen LogP contribution in [0.4, 0.5) is 13.9 Å². The summed E-state index contributed by atoms with van der Waals surface area (Å²) >= 11 is 1.38. The maximum Gasteiger partial charge on any atom is 0.273 e. The van der Waals surface area contributed by atoms with Crippen LogP contribution in [0.15, 0.2) is 29.9 Å². The number of alkyl halides is 2. The van der Waals surface area contributed by atoms with E-state index in [9.17, 15) is 13.6 Å². The standard InChI is InChI=1S/C19H23F2N5O2S/c1-24-5-7-25(8-6-24)18-23-16(12-29-18)17(27)26-13-19(20,21)9-14(26)11-28-15-3-2-4-22-10-15/h2-4,10,12,14H,5-9,11,13H2,1H3/t14-/m0/s1. The van der Waals surface area contributed by atoms with Gasteiger partial charge in [0.15, 0.2) is 5.13 Å². The highest BCUT2D eigenvalue weighted by molar-refractivity contribution is 7.13. The summed E-state index contributed by atoms with van der Waals surface area (Å²) in [6.45, 7) is 2.89. The second-order valence-corrected chi connectivity index (χ2v) is 8.29. The van der Waals surface area contributed by atoms with E-state index in [1.54, 1.807) is 23.7 Å². The number of carbonyl (C=O) groups is 1. The molecule has 0 aromatic carbocycles. The highest BCUT2D eigenvalue weighted by Gasteiger charge is 2.47. The van der Waals surface area contributed by atoms with Crippen molar-refractivity contribution in [2.45, 2.75) is 18.4 Å². The van der Waals surface area contributed by atoms with E-state index in [0.717, 1.165) is 31.3 Å². The van der Waals surface area contributed by atoms with E-state index < -0.39 is 30.8 Å². The molecule has 2 aromatic rings. The molecule has 2 saturated heterocycles. The van der Waals surface area contributed by atoms with Crippen LogP contribution in [0.3, 0.4) is 0 Å². The molecule has 0 radical (unpaired) electrons. The van der Waals surface area contributed by atoms with Gasteiger partial charge in [-0.05, 0) is 19.2 Å². The minimum atomic E-state index is -2.94. The van der Waals surface area contributed by atoms with E-state index >= 15 is 0 Å². The second-order valence-electron chi connectivity index (χ2n) is 7.45. The van der Waals surface area contributed by atoms with E-state index in [2.05, 4.69) is 26.8 Å². The van der Waals surface area contributed by atoms with Crippen LogP contribution in [0.2, 0.25) is 0 Å². The number of thiazole rings is 1. The number of anilines is 1. The van der Waals surface area contributed by atoms with Crippen molar-refractivity contribution in [1.82, 2.24) is 19.8 Å². The van der Waals surface area contributed by atoms with Crippen molar-refractivity contribution in [2.75, 3.05) is 51.3 Å². The van der Waals surface area contributed by atoms with Gasteiger partial charge in [-0.25, -0.2) is 13.8 Å². The molecule has 0 N–H and O–H groups in total. The summed E-state index contributed by atoms with van der Waals surface area (Å²) in [6.07, 6.45) is 2.70. The molecule has 2 fully saturated rings. The van der Waals surface area contributed by atoms with Crippen LogP contribution in [0.5, 0.6) is 5.75 Å². The molecule has 2 aliphatic heterocycles. The normalized spacial score (nSPS) is 22.1. The molecule has 1 amide bonds. The Morgan fingerprint density at radius 3 is 2.86 bits per heavy atom. The molecule has 0 aliphatic carbocycles. The Kier molecular flexibility index (Phi) is 5.64. The van der Waals surface area contributed by atoms with Crippen LogP contribution in [-0.4, -0.2) is 84.0 Å². The number of pyridine rings is 1. The number of hydrogen-bond donors (Lipinski definition) is 0. The minimum absolute atomic E-state index is 0.0114. The molecule has 0 spiro atoms. The maximum absolute atomic E-state index is 14.1. The van der Waals surface area contributed by atoms with Crippen molar-refractivity contribution in [3.05, 3.63) is 35.6 Å². The van der Waals surface area contributed by atoms with Crippen LogP contribution >= 0.6 is 11.3 Å². The average molecular weight is 423 g/mol. The topological polar surface area (TPSA) is 61.8 Å². The van der Waals surface area contributed by atoms with Gasteiger partial charge >= 0.3 is 0 Å². The predicted octanol–water partition coefficient (Wildman–Crippen LogP) is 2.22. The first-order chi connectivity index (χ1) is 13.9. The van der Waals surface area contributed by atoms with Gasteiger partial charge in [-0.2, -0.15) is 0 Å². The van der Waals surface area contributed by atoms with Gasteiger partial charge in [-0.1, -0.05) is 0 Å². The molecular weight excluding hydrogens is 400 g/mol. The second kappa shape index (κ2) is 8.19. The molecule has 7 nitrogen and oxygen atoms in total. The third-order valence-corrected chi connectivity index (χ3v) is 6.10. The maximum atomic E-state index is 14.1. The fourth-order valence-electron chi connectivity index (χ4n) is 3.56. The molecule has 2 aliphatic rings. The van der Waals surface area contributed by atoms with Gasteiger partial charge in [0.1, 0.15) is 18.1 Å². The van der Waals surface area contributed by atoms with Crippen LogP contribution < -0.4 is 9.64 Å². The summed E-state index contributed by atoms with van der Waals surface area (Å²) in [4.78, 5) is 26.9. The van der Waals surface area contributed by atoms with Crippen molar-refractivity contribution in [3.8, 4) is 5.75 Å². The van der Waals surface area contributed by atoms with E-state index in [-0.39, 0.29) is 12.3 Å². The Bertz CT molecular complexity index is 842. The number of aromatic nitrogens is 2. The number of amides is 1. The average Bonchev–Trinajstić information content (AvgIpc) is 3.32. The van der Waals surface area contributed by atoms with Crippen molar-refractivity contribution in [1.29, 1.82) is 0 Å². The molecule has 0 saturated carbocycles. The largest absolute Gasteiger partial charge is 0.490 e. The number of likely N-dealkylation sites (tertiary alicyclic amines) is 1. The number of ether oxygens (including phenoxy) is 1. The lowest BCUT2D eigenvalue weighted by Crippen LogP contribution is -2.44. The molecule has 29 heavy (non-hydrogen) atoms. The van der Waals surface area contributed by atoms with Gasteiger partial charge in [0.05, 0.1) is 18.8 Å². The fraction of sp³-hybridized carbons (Fsp3) is 0.526. The SMILES string of the molecule is CN1CCN(c2nc(C(=O)N3CC(F)(F)C[C@H]3COc3cccnc3)cs2)CC1. The van der Waals surface area contributed by atoms with Gasteiger partial charge in [-0.15, -0.1) is 11.3 Å². The van der Waals surface area contributed by atoms with Crippen molar-refractivity contribution in [3.63, 3.8) is 0 Å². The zero-order valence-corrected chi connectivity index (χ0v) is 16.9. The van der Waals surface area contributed by atoms with Crippen LogP contribution in [0.25, 0.3) is 0 Å².